The number of hydrogen-bond donors (Lipinski definition) is 2. The monoisotopic (exact) mass is 483 g/mol. The minimum absolute atomic E-state index is 0. The Morgan fingerprint density at radius 3 is 1.88 bits per heavy atom. The number of nitrogens with zero attached hydrogens (tertiary/aromatic N) is 1. The zero-order valence-corrected chi connectivity index (χ0v) is 19.2. The van der Waals surface area contributed by atoms with E-state index in [0.717, 1.165) is 11.1 Å². The first-order valence-electron chi connectivity index (χ1n) is 10.00. The topological polar surface area (TPSA) is 68.0 Å². The van der Waals surface area contributed by atoms with Gasteiger partial charge in [-0.1, -0.05) is 72.8 Å². The van der Waals surface area contributed by atoms with Gasteiger partial charge in [0.15, 0.2) is 0 Å². The van der Waals surface area contributed by atoms with Crippen molar-refractivity contribution in [1.82, 2.24) is 4.98 Å². The van der Waals surface area contributed by atoms with E-state index in [9.17, 15) is 9.18 Å². The Bertz CT molecular complexity index is 1120. The number of rotatable bonds is 6. The van der Waals surface area contributed by atoms with E-state index in [2.05, 4.69) is 10.3 Å². The SMILES string of the molecule is Cl.Cl.N[C@H](C(=O)Nc1ccc(-c2ccncc2F)cc1)C(c1ccccc1)c1ccccc1. The highest BCUT2D eigenvalue weighted by Crippen LogP contribution is 2.28. The average Bonchev–Trinajstić information content (AvgIpc) is 2.81. The largest absolute Gasteiger partial charge is 0.325 e. The summed E-state index contributed by atoms with van der Waals surface area (Å²) in [6, 6.07) is 27.3. The van der Waals surface area contributed by atoms with Gasteiger partial charge in [0.2, 0.25) is 5.91 Å². The van der Waals surface area contributed by atoms with Gasteiger partial charge < -0.3 is 11.1 Å². The molecule has 4 nitrogen and oxygen atoms in total. The molecule has 4 rings (SSSR count). The van der Waals surface area contributed by atoms with Crippen LogP contribution in [0.2, 0.25) is 0 Å². The van der Waals surface area contributed by atoms with Gasteiger partial charge in [0.25, 0.3) is 0 Å². The highest BCUT2D eigenvalue weighted by molar-refractivity contribution is 5.96. The Labute approximate surface area is 204 Å². The number of carbonyl (C=O) groups is 1. The van der Waals surface area contributed by atoms with Gasteiger partial charge in [-0.05, 0) is 34.9 Å². The lowest BCUT2D eigenvalue weighted by Crippen LogP contribution is -2.41. The lowest BCUT2D eigenvalue weighted by atomic mass is 9.85. The van der Waals surface area contributed by atoms with Gasteiger partial charge >= 0.3 is 0 Å². The van der Waals surface area contributed by atoms with E-state index in [1.165, 1.54) is 6.20 Å². The highest BCUT2D eigenvalue weighted by Gasteiger charge is 2.27. The van der Waals surface area contributed by atoms with E-state index < -0.39 is 11.9 Å². The van der Waals surface area contributed by atoms with Crippen LogP contribution in [0.15, 0.2) is 103 Å². The van der Waals surface area contributed by atoms with Crippen molar-refractivity contribution < 1.29 is 9.18 Å². The number of anilines is 1. The van der Waals surface area contributed by atoms with Crippen LogP contribution in [0.5, 0.6) is 0 Å². The molecule has 0 saturated carbocycles. The molecule has 7 heteroatoms. The smallest absolute Gasteiger partial charge is 0.242 e. The molecule has 0 spiro atoms. The summed E-state index contributed by atoms with van der Waals surface area (Å²) in [5, 5.41) is 2.88. The molecule has 1 amide bonds. The number of hydrogen-bond acceptors (Lipinski definition) is 3. The molecule has 33 heavy (non-hydrogen) atoms. The van der Waals surface area contributed by atoms with Crippen molar-refractivity contribution in [2.45, 2.75) is 12.0 Å². The second kappa shape index (κ2) is 12.1. The number of benzene rings is 3. The van der Waals surface area contributed by atoms with Crippen molar-refractivity contribution >= 4 is 36.4 Å². The second-order valence-corrected chi connectivity index (χ2v) is 7.25. The summed E-state index contributed by atoms with van der Waals surface area (Å²) in [4.78, 5) is 16.8. The minimum atomic E-state index is -0.790. The molecule has 0 fully saturated rings. The average molecular weight is 484 g/mol. The Morgan fingerprint density at radius 2 is 1.36 bits per heavy atom. The van der Waals surface area contributed by atoms with E-state index in [1.54, 1.807) is 36.5 Å². The van der Waals surface area contributed by atoms with Gasteiger partial charge in [0, 0.05) is 23.4 Å². The maximum atomic E-state index is 14.0. The highest BCUT2D eigenvalue weighted by atomic mass is 35.5. The number of pyridine rings is 1. The summed E-state index contributed by atoms with van der Waals surface area (Å²) < 4.78 is 14.0. The summed E-state index contributed by atoms with van der Waals surface area (Å²) in [7, 11) is 0. The zero-order chi connectivity index (χ0) is 21.6. The molecule has 1 atom stereocenters. The number of nitrogens with two attached hydrogens (primary N) is 1. The van der Waals surface area contributed by atoms with Gasteiger partial charge in [-0.15, -0.1) is 24.8 Å². The third-order valence-corrected chi connectivity index (χ3v) is 5.22. The van der Waals surface area contributed by atoms with Gasteiger partial charge in [0.05, 0.1) is 12.2 Å². The van der Waals surface area contributed by atoms with Gasteiger partial charge in [-0.25, -0.2) is 4.39 Å². The first kappa shape index (κ1) is 26.0. The predicted molar refractivity (Wildman–Crippen MR) is 135 cm³/mol. The van der Waals surface area contributed by atoms with Crippen LogP contribution in [-0.2, 0) is 4.79 Å². The third-order valence-electron chi connectivity index (χ3n) is 5.22. The van der Waals surface area contributed by atoms with E-state index in [-0.39, 0.29) is 36.6 Å². The molecule has 3 N–H and O–H groups in total. The van der Waals surface area contributed by atoms with Crippen molar-refractivity contribution in [1.29, 1.82) is 0 Å². The maximum Gasteiger partial charge on any atom is 0.242 e. The first-order chi connectivity index (χ1) is 15.1. The Kier molecular flexibility index (Phi) is 9.55. The first-order valence-corrected chi connectivity index (χ1v) is 10.00. The molecule has 4 aromatic rings. The van der Waals surface area contributed by atoms with Crippen LogP contribution in [-0.4, -0.2) is 16.9 Å². The van der Waals surface area contributed by atoms with Crippen LogP contribution in [0, 0.1) is 5.82 Å². The lowest BCUT2D eigenvalue weighted by Gasteiger charge is -2.24. The fourth-order valence-electron chi connectivity index (χ4n) is 3.65. The van der Waals surface area contributed by atoms with Crippen molar-refractivity contribution in [3.63, 3.8) is 0 Å². The standard InChI is InChI=1S/C26H22FN3O.2ClH/c27-23-17-29-16-15-22(23)18-11-13-21(14-12-18)30-26(31)25(28)24(19-7-3-1-4-8-19)20-9-5-2-6-10-20;;/h1-17,24-25H,28H2,(H,30,31);2*1H/t25-;;/m0../s1. The van der Waals surface area contributed by atoms with E-state index in [1.807, 2.05) is 60.7 Å². The Balaban J connectivity index is 0.00000193. The van der Waals surface area contributed by atoms with Gasteiger partial charge in [-0.3, -0.25) is 9.78 Å². The van der Waals surface area contributed by atoms with Crippen LogP contribution in [0.1, 0.15) is 17.0 Å². The van der Waals surface area contributed by atoms with Gasteiger partial charge in [-0.2, -0.15) is 0 Å². The molecule has 0 aliphatic rings. The fourth-order valence-corrected chi connectivity index (χ4v) is 3.65. The molecule has 0 bridgehead atoms. The Hall–Kier alpha value is -3.25. The molecule has 1 heterocycles. The molecule has 0 unspecified atom stereocenters. The molecule has 0 aliphatic carbocycles. The lowest BCUT2D eigenvalue weighted by molar-refractivity contribution is -0.117. The normalized spacial score (nSPS) is 11.1. The van der Waals surface area contributed by atoms with Crippen molar-refractivity contribution in [2.75, 3.05) is 5.32 Å². The molecule has 0 radical (unpaired) electrons. The summed E-state index contributed by atoms with van der Waals surface area (Å²) in [5.41, 5.74) is 10.1. The number of carbonyl (C=O) groups excluding carboxylic acids is 1. The number of nitrogens with one attached hydrogen (secondary N) is 1. The minimum Gasteiger partial charge on any atom is -0.325 e. The molecule has 0 aliphatic heterocycles. The summed E-state index contributed by atoms with van der Waals surface area (Å²) in [6.45, 7) is 0. The van der Waals surface area contributed by atoms with Gasteiger partial charge in [0.1, 0.15) is 5.82 Å². The summed E-state index contributed by atoms with van der Waals surface area (Å²) in [6.07, 6.45) is 2.72. The van der Waals surface area contributed by atoms with Crippen LogP contribution in [0.4, 0.5) is 10.1 Å². The van der Waals surface area contributed by atoms with Crippen molar-refractivity contribution in [3.8, 4) is 11.1 Å². The third kappa shape index (κ3) is 6.17. The summed E-state index contributed by atoms with van der Waals surface area (Å²) in [5.74, 6) is -0.969. The van der Waals surface area contributed by atoms with E-state index in [4.69, 9.17) is 5.73 Å². The number of aromatic nitrogens is 1. The van der Waals surface area contributed by atoms with Crippen LogP contribution < -0.4 is 11.1 Å². The van der Waals surface area contributed by atoms with E-state index in [0.29, 0.717) is 16.8 Å². The fraction of sp³-hybridized carbons (Fsp3) is 0.0769. The molecule has 0 saturated heterocycles. The predicted octanol–water partition coefficient (Wildman–Crippen LogP) is 5.83. The van der Waals surface area contributed by atoms with Crippen molar-refractivity contribution in [3.05, 3.63) is 120 Å². The van der Waals surface area contributed by atoms with Crippen molar-refractivity contribution in [2.24, 2.45) is 5.73 Å². The Morgan fingerprint density at radius 1 is 0.818 bits per heavy atom. The quantitative estimate of drug-likeness (QED) is 0.362. The van der Waals surface area contributed by atoms with Crippen LogP contribution in [0.25, 0.3) is 11.1 Å². The second-order valence-electron chi connectivity index (χ2n) is 7.25. The molecular formula is C26H24Cl2FN3O. The molecule has 3 aromatic carbocycles. The molecule has 1 aromatic heterocycles. The summed E-state index contributed by atoms with van der Waals surface area (Å²) >= 11 is 0. The number of halogens is 3. The molecule has 170 valence electrons. The zero-order valence-electron chi connectivity index (χ0n) is 17.6. The maximum absolute atomic E-state index is 14.0. The van der Waals surface area contributed by atoms with Crippen LogP contribution >= 0.6 is 24.8 Å². The van der Waals surface area contributed by atoms with Crippen LogP contribution in [0.3, 0.4) is 0 Å². The number of amides is 1. The van der Waals surface area contributed by atoms with E-state index >= 15 is 0 Å². The molecular weight excluding hydrogens is 460 g/mol.